The Kier molecular flexibility index (Phi) is 2.82. The van der Waals surface area contributed by atoms with Crippen molar-refractivity contribution in [3.63, 3.8) is 0 Å². The van der Waals surface area contributed by atoms with Crippen molar-refractivity contribution in [2.75, 3.05) is 0 Å². The zero-order chi connectivity index (χ0) is 35.8. The third-order valence-corrected chi connectivity index (χ3v) is 8.01. The second-order valence-electron chi connectivity index (χ2n) is 10.4. The molecule has 0 saturated heterocycles. The van der Waals surface area contributed by atoms with Crippen LogP contribution in [0.2, 0.25) is 0 Å². The van der Waals surface area contributed by atoms with E-state index in [1.165, 1.54) is 4.57 Å². The van der Waals surface area contributed by atoms with Gasteiger partial charge in [0.25, 0.3) is 0 Å². The second kappa shape index (κ2) is 7.91. The van der Waals surface area contributed by atoms with Gasteiger partial charge < -0.3 is 0 Å². The molecule has 0 aliphatic heterocycles. The highest BCUT2D eigenvalue weighted by Crippen LogP contribution is 2.51. The van der Waals surface area contributed by atoms with E-state index in [1.807, 2.05) is 36.4 Å². The molecule has 0 bridgehead atoms. The number of hydrogen-bond donors (Lipinski definition) is 0. The van der Waals surface area contributed by atoms with E-state index < -0.39 is 66.4 Å². The van der Waals surface area contributed by atoms with E-state index in [-0.39, 0.29) is 32.8 Å². The van der Waals surface area contributed by atoms with E-state index in [9.17, 15) is 5.48 Å². The van der Waals surface area contributed by atoms with Crippen LogP contribution in [-0.4, -0.2) is 9.55 Å². The van der Waals surface area contributed by atoms with Crippen LogP contribution in [0.3, 0.4) is 0 Å². The zero-order valence-electron chi connectivity index (χ0n) is 32.2. The van der Waals surface area contributed by atoms with Gasteiger partial charge in [0.1, 0.15) is 5.82 Å². The molecule has 0 N–H and O–H groups in total. The second-order valence-corrected chi connectivity index (χ2v) is 10.4. The summed E-state index contributed by atoms with van der Waals surface area (Å²) in [4.78, 5) is 4.43. The Hall–Kier alpha value is -4.69. The summed E-state index contributed by atoms with van der Waals surface area (Å²) in [7, 11) is 0. The molecule has 2 heteroatoms. The van der Waals surface area contributed by atoms with Crippen LogP contribution in [0.5, 0.6) is 0 Å². The Labute approximate surface area is 243 Å². The Morgan fingerprint density at radius 1 is 0.718 bits per heavy atom. The van der Waals surface area contributed by atoms with Crippen molar-refractivity contribution in [3.05, 3.63) is 132 Å². The standard InChI is InChI=1S/C37H28N2/c1-23-38-33-18-10-11-19-34(33)39(23)36-29-15-6-4-13-27(29)35(28-14-5-7-16-30(28)36)24-20-21-26-25-12-8-9-17-31(25)37(2,3)32(26)22-24/h4-22H,1-3H3/i1D3,4D,5D,6D,7D,13D,14D,15D,16D. The molecule has 0 saturated carbocycles. The summed E-state index contributed by atoms with van der Waals surface area (Å²) in [6, 6.07) is 16.4. The summed E-state index contributed by atoms with van der Waals surface area (Å²) in [5, 5.41) is -0.155. The molecule has 1 aromatic heterocycles. The molecule has 1 aliphatic rings. The minimum absolute atomic E-state index is 0.00562. The topological polar surface area (TPSA) is 17.8 Å². The maximum Gasteiger partial charge on any atom is 0.111 e. The fourth-order valence-electron chi connectivity index (χ4n) is 6.23. The lowest BCUT2D eigenvalue weighted by Crippen LogP contribution is -2.14. The highest BCUT2D eigenvalue weighted by atomic mass is 15.1. The zero-order valence-corrected chi connectivity index (χ0v) is 21.2. The van der Waals surface area contributed by atoms with Crippen molar-refractivity contribution >= 4 is 32.6 Å². The fourth-order valence-corrected chi connectivity index (χ4v) is 6.23. The number of nitrogens with zero attached hydrogens (tertiary/aromatic N) is 2. The van der Waals surface area contributed by atoms with Crippen LogP contribution in [0, 0.1) is 6.85 Å². The van der Waals surface area contributed by atoms with Gasteiger partial charge in [-0.05, 0) is 69.2 Å². The van der Waals surface area contributed by atoms with Crippen molar-refractivity contribution < 1.29 is 15.1 Å². The van der Waals surface area contributed by atoms with E-state index in [0.29, 0.717) is 16.6 Å². The molecule has 0 spiro atoms. The minimum atomic E-state index is -2.81. The maximum absolute atomic E-state index is 9.29. The highest BCUT2D eigenvalue weighted by Gasteiger charge is 2.35. The quantitative estimate of drug-likeness (QED) is 0.211. The third-order valence-electron chi connectivity index (χ3n) is 8.01. The van der Waals surface area contributed by atoms with Crippen LogP contribution >= 0.6 is 0 Å². The van der Waals surface area contributed by atoms with Crippen LogP contribution in [0.1, 0.15) is 45.9 Å². The first-order valence-corrected chi connectivity index (χ1v) is 12.8. The van der Waals surface area contributed by atoms with Crippen molar-refractivity contribution in [3.8, 4) is 27.9 Å². The van der Waals surface area contributed by atoms with E-state index >= 15 is 0 Å². The summed E-state index contributed by atoms with van der Waals surface area (Å²) in [5.41, 5.74) is 4.87. The van der Waals surface area contributed by atoms with E-state index in [2.05, 4.69) is 24.9 Å². The predicted octanol–water partition coefficient (Wildman–Crippen LogP) is 9.61. The molecule has 186 valence electrons. The van der Waals surface area contributed by atoms with Crippen LogP contribution in [-0.2, 0) is 5.41 Å². The normalized spacial score (nSPS) is 18.1. The summed E-state index contributed by atoms with van der Waals surface area (Å²) >= 11 is 0. The van der Waals surface area contributed by atoms with E-state index in [1.54, 1.807) is 24.3 Å². The van der Waals surface area contributed by atoms with Gasteiger partial charge in [-0.15, -0.1) is 0 Å². The molecule has 6 aromatic carbocycles. The first kappa shape index (κ1) is 13.9. The lowest BCUT2D eigenvalue weighted by Gasteiger charge is -2.23. The van der Waals surface area contributed by atoms with Crippen molar-refractivity contribution in [1.29, 1.82) is 0 Å². The van der Waals surface area contributed by atoms with Gasteiger partial charge in [-0.25, -0.2) is 4.98 Å². The van der Waals surface area contributed by atoms with Gasteiger partial charge in [0.15, 0.2) is 0 Å². The largest absolute Gasteiger partial charge is 0.295 e. The molecule has 2 nitrogen and oxygen atoms in total. The lowest BCUT2D eigenvalue weighted by atomic mass is 9.81. The van der Waals surface area contributed by atoms with E-state index in [4.69, 9.17) is 9.60 Å². The number of benzene rings is 6. The van der Waals surface area contributed by atoms with Crippen LogP contribution in [0.25, 0.3) is 60.5 Å². The molecule has 1 aliphatic carbocycles. The molecule has 0 amide bonds. The number of rotatable bonds is 2. The summed E-state index contributed by atoms with van der Waals surface area (Å²) < 4.78 is 98.7. The molecule has 0 unspecified atom stereocenters. The number of aryl methyl sites for hydroxylation is 1. The van der Waals surface area contributed by atoms with Crippen molar-refractivity contribution in [1.82, 2.24) is 9.55 Å². The number of aromatic nitrogens is 2. The molecular weight excluding hydrogens is 472 g/mol. The van der Waals surface area contributed by atoms with Gasteiger partial charge in [-0.1, -0.05) is 111 Å². The van der Waals surface area contributed by atoms with Gasteiger partial charge in [0.2, 0.25) is 0 Å². The van der Waals surface area contributed by atoms with Gasteiger partial charge in [0.05, 0.1) is 27.7 Å². The number of para-hydroxylation sites is 2. The maximum atomic E-state index is 9.29. The predicted molar refractivity (Wildman–Crippen MR) is 164 cm³/mol. The van der Waals surface area contributed by atoms with Gasteiger partial charge in [-0.2, -0.15) is 0 Å². The first-order chi connectivity index (χ1) is 23.6. The number of hydrogen-bond acceptors (Lipinski definition) is 1. The Bertz CT molecular complexity index is 2570. The summed E-state index contributed by atoms with van der Waals surface area (Å²) in [5.74, 6) is -0.411. The first-order valence-electron chi connectivity index (χ1n) is 18.3. The molecule has 1 heterocycles. The highest BCUT2D eigenvalue weighted by molar-refractivity contribution is 6.18. The number of fused-ring (bicyclic) bond motifs is 6. The molecule has 0 atom stereocenters. The van der Waals surface area contributed by atoms with Crippen molar-refractivity contribution in [2.24, 2.45) is 0 Å². The molecule has 0 radical (unpaired) electrons. The van der Waals surface area contributed by atoms with Gasteiger partial charge in [0, 0.05) is 20.3 Å². The minimum Gasteiger partial charge on any atom is -0.295 e. The van der Waals surface area contributed by atoms with Crippen LogP contribution < -0.4 is 0 Å². The Morgan fingerprint density at radius 3 is 2.10 bits per heavy atom. The molecule has 7 aromatic rings. The number of imidazole rings is 1. The Balaban J connectivity index is 1.67. The van der Waals surface area contributed by atoms with E-state index in [0.717, 1.165) is 22.3 Å². The fraction of sp³-hybridized carbons (Fsp3) is 0.108. The average molecular weight is 512 g/mol. The summed E-state index contributed by atoms with van der Waals surface area (Å²) in [6.45, 7) is 1.38. The molecule has 0 fully saturated rings. The van der Waals surface area contributed by atoms with Crippen molar-refractivity contribution in [2.45, 2.75) is 26.1 Å². The lowest BCUT2D eigenvalue weighted by molar-refractivity contribution is 0.660. The smallest absolute Gasteiger partial charge is 0.111 e. The third kappa shape index (κ3) is 3.00. The van der Waals surface area contributed by atoms with Gasteiger partial charge >= 0.3 is 0 Å². The average Bonchev–Trinajstić information content (AvgIpc) is 3.59. The summed E-state index contributed by atoms with van der Waals surface area (Å²) in [6.07, 6.45) is 0. The van der Waals surface area contributed by atoms with Gasteiger partial charge in [-0.3, -0.25) is 4.57 Å². The van der Waals surface area contributed by atoms with Crippen LogP contribution in [0.4, 0.5) is 0 Å². The monoisotopic (exact) mass is 511 g/mol. The SMILES string of the molecule is [2H]c1c([2H])c([2H])c2c(-n3c(C([2H])([2H])[2H])nc4ccccc43)c3c([2H])c([2H])c([2H])c([2H])c3c(-c3ccc4c(c3)C(C)(C)c3ccccc3-4)c2c1[2H]. The Morgan fingerprint density at radius 2 is 1.36 bits per heavy atom. The van der Waals surface area contributed by atoms with Crippen LogP contribution in [0.15, 0.2) is 115 Å². The molecule has 39 heavy (non-hydrogen) atoms. The molecular formula is C37H28N2. The molecule has 8 rings (SSSR count).